The van der Waals surface area contributed by atoms with Gasteiger partial charge in [0.25, 0.3) is 0 Å². The number of urea groups is 1. The topological polar surface area (TPSA) is 53.5 Å². The molecule has 0 aliphatic heterocycles. The van der Waals surface area contributed by atoms with Crippen molar-refractivity contribution >= 4 is 17.4 Å². The molecule has 0 radical (unpaired) electrons. The normalized spacial score (nSPS) is 11.9. The van der Waals surface area contributed by atoms with E-state index < -0.39 is 0 Å². The van der Waals surface area contributed by atoms with E-state index in [1.54, 1.807) is 0 Å². The van der Waals surface area contributed by atoms with Crippen LogP contribution < -0.4 is 10.7 Å². The maximum absolute atomic E-state index is 11.8. The predicted molar refractivity (Wildman–Crippen MR) is 95.9 cm³/mol. The van der Waals surface area contributed by atoms with Gasteiger partial charge in [0.15, 0.2) is 0 Å². The van der Waals surface area contributed by atoms with Gasteiger partial charge in [0, 0.05) is 5.69 Å². The molecule has 120 valence electrons. The van der Waals surface area contributed by atoms with Crippen molar-refractivity contribution in [3.63, 3.8) is 0 Å². The molecule has 0 atom stereocenters. The minimum atomic E-state index is -0.359. The van der Waals surface area contributed by atoms with Gasteiger partial charge < -0.3 is 5.32 Å². The number of hydrogen-bond acceptors (Lipinski definition) is 2. The molecule has 0 aliphatic rings. The highest BCUT2D eigenvalue weighted by atomic mass is 16.2. The second-order valence-electron chi connectivity index (χ2n) is 6.46. The number of nitrogens with zero attached hydrogens (tertiary/aromatic N) is 1. The van der Waals surface area contributed by atoms with Crippen LogP contribution in [0.15, 0.2) is 59.7 Å². The molecule has 0 spiro atoms. The Hall–Kier alpha value is -2.62. The minimum absolute atomic E-state index is 0.122. The summed E-state index contributed by atoms with van der Waals surface area (Å²) in [6.07, 6.45) is 0. The molecule has 0 saturated heterocycles. The van der Waals surface area contributed by atoms with Gasteiger partial charge in [-0.25, -0.2) is 10.2 Å². The first-order valence-electron chi connectivity index (χ1n) is 7.63. The first-order valence-corrected chi connectivity index (χ1v) is 7.63. The molecular formula is C19H23N3O. The van der Waals surface area contributed by atoms with Crippen molar-refractivity contribution < 1.29 is 4.79 Å². The molecule has 0 saturated carbocycles. The van der Waals surface area contributed by atoms with Gasteiger partial charge in [-0.2, -0.15) is 5.10 Å². The number of nitrogens with one attached hydrogen (secondary N) is 2. The van der Waals surface area contributed by atoms with Gasteiger partial charge in [-0.3, -0.25) is 0 Å². The fourth-order valence-electron chi connectivity index (χ4n) is 2.09. The number of amides is 2. The number of carbonyl (C=O) groups is 1. The van der Waals surface area contributed by atoms with Crippen LogP contribution in [0.2, 0.25) is 0 Å². The Balaban J connectivity index is 1.98. The highest BCUT2D eigenvalue weighted by molar-refractivity contribution is 5.99. The van der Waals surface area contributed by atoms with E-state index >= 15 is 0 Å². The van der Waals surface area contributed by atoms with Crippen molar-refractivity contribution in [1.29, 1.82) is 0 Å². The maximum atomic E-state index is 11.8. The highest BCUT2D eigenvalue weighted by Gasteiger charge is 2.13. The third-order valence-electron chi connectivity index (χ3n) is 3.53. The van der Waals surface area contributed by atoms with Crippen LogP contribution in [-0.4, -0.2) is 11.7 Å². The Morgan fingerprint density at radius 3 is 2.13 bits per heavy atom. The second kappa shape index (κ2) is 7.09. The Labute approximate surface area is 137 Å². The summed E-state index contributed by atoms with van der Waals surface area (Å²) in [7, 11) is 0. The van der Waals surface area contributed by atoms with Crippen molar-refractivity contribution in [2.24, 2.45) is 5.10 Å². The van der Waals surface area contributed by atoms with Gasteiger partial charge in [-0.15, -0.1) is 0 Å². The second-order valence-corrected chi connectivity index (χ2v) is 6.46. The van der Waals surface area contributed by atoms with E-state index in [9.17, 15) is 4.79 Å². The van der Waals surface area contributed by atoms with Crippen molar-refractivity contribution in [2.45, 2.75) is 33.1 Å². The number of hydrazone groups is 1. The van der Waals surface area contributed by atoms with Crippen molar-refractivity contribution in [1.82, 2.24) is 5.43 Å². The Morgan fingerprint density at radius 2 is 1.57 bits per heavy atom. The molecular weight excluding hydrogens is 286 g/mol. The molecule has 23 heavy (non-hydrogen) atoms. The summed E-state index contributed by atoms with van der Waals surface area (Å²) in [5.41, 5.74) is 6.37. The molecule has 2 rings (SSSR count). The molecule has 0 unspecified atom stereocenters. The maximum Gasteiger partial charge on any atom is 0.339 e. The van der Waals surface area contributed by atoms with Gasteiger partial charge >= 0.3 is 6.03 Å². The zero-order valence-electron chi connectivity index (χ0n) is 14.1. The summed E-state index contributed by atoms with van der Waals surface area (Å²) in [6, 6.07) is 17.1. The van der Waals surface area contributed by atoms with Gasteiger partial charge in [-0.05, 0) is 35.6 Å². The van der Waals surface area contributed by atoms with E-state index in [2.05, 4.69) is 48.7 Å². The fourth-order valence-corrected chi connectivity index (χ4v) is 2.09. The van der Waals surface area contributed by atoms with E-state index in [0.717, 1.165) is 17.0 Å². The van der Waals surface area contributed by atoms with Gasteiger partial charge in [0.1, 0.15) is 0 Å². The van der Waals surface area contributed by atoms with Gasteiger partial charge in [0.2, 0.25) is 0 Å². The van der Waals surface area contributed by atoms with Crippen molar-refractivity contribution in [3.8, 4) is 0 Å². The lowest BCUT2D eigenvalue weighted by Gasteiger charge is -2.19. The van der Waals surface area contributed by atoms with Crippen LogP contribution in [0.3, 0.4) is 0 Å². The third kappa shape index (κ3) is 4.95. The molecule has 0 heterocycles. The molecule has 2 amide bonds. The van der Waals surface area contributed by atoms with Crippen LogP contribution in [0.1, 0.15) is 38.8 Å². The summed E-state index contributed by atoms with van der Waals surface area (Å²) in [5, 5.41) is 6.86. The minimum Gasteiger partial charge on any atom is -0.307 e. The van der Waals surface area contributed by atoms with E-state index in [4.69, 9.17) is 0 Å². The van der Waals surface area contributed by atoms with E-state index in [1.807, 2.05) is 49.4 Å². The summed E-state index contributed by atoms with van der Waals surface area (Å²) in [4.78, 5) is 11.8. The van der Waals surface area contributed by atoms with E-state index in [0.29, 0.717) is 0 Å². The summed E-state index contributed by atoms with van der Waals surface area (Å²) in [5.74, 6) is 0. The number of para-hydroxylation sites is 1. The van der Waals surface area contributed by atoms with Crippen LogP contribution in [0, 0.1) is 0 Å². The molecule has 0 bridgehead atoms. The van der Waals surface area contributed by atoms with Crippen molar-refractivity contribution in [3.05, 3.63) is 65.7 Å². The lowest BCUT2D eigenvalue weighted by Crippen LogP contribution is -2.25. The van der Waals surface area contributed by atoms with Gasteiger partial charge in [-0.1, -0.05) is 63.2 Å². The predicted octanol–water partition coefficient (Wildman–Crippen LogP) is 4.53. The van der Waals surface area contributed by atoms with Crippen LogP contribution >= 0.6 is 0 Å². The summed E-state index contributed by atoms with van der Waals surface area (Å²) in [6.45, 7) is 8.41. The molecule has 2 aromatic rings. The number of hydrogen-bond donors (Lipinski definition) is 2. The average Bonchev–Trinajstić information content (AvgIpc) is 2.53. The van der Waals surface area contributed by atoms with Crippen LogP contribution in [0.25, 0.3) is 0 Å². The van der Waals surface area contributed by atoms with Crippen LogP contribution in [-0.2, 0) is 5.41 Å². The average molecular weight is 309 g/mol. The largest absolute Gasteiger partial charge is 0.339 e. The first kappa shape index (κ1) is 16.7. The first-order chi connectivity index (χ1) is 10.9. The molecule has 4 nitrogen and oxygen atoms in total. The van der Waals surface area contributed by atoms with E-state index in [1.165, 1.54) is 5.56 Å². The lowest BCUT2D eigenvalue weighted by molar-refractivity contribution is 0.252. The SMILES string of the molecule is C/C(=N/NC(=O)Nc1ccccc1)c1ccc(C(C)(C)C)cc1. The van der Waals surface area contributed by atoms with E-state index in [-0.39, 0.29) is 11.4 Å². The lowest BCUT2D eigenvalue weighted by atomic mass is 9.86. The third-order valence-corrected chi connectivity index (χ3v) is 3.53. The monoisotopic (exact) mass is 309 g/mol. The number of rotatable bonds is 3. The molecule has 2 N–H and O–H groups in total. The smallest absolute Gasteiger partial charge is 0.307 e. The fraction of sp³-hybridized carbons (Fsp3) is 0.263. The van der Waals surface area contributed by atoms with Crippen molar-refractivity contribution in [2.75, 3.05) is 5.32 Å². The number of carbonyl (C=O) groups excluding carboxylic acids is 1. The van der Waals surface area contributed by atoms with Gasteiger partial charge in [0.05, 0.1) is 5.71 Å². The zero-order chi connectivity index (χ0) is 16.9. The van der Waals surface area contributed by atoms with Crippen LogP contribution in [0.5, 0.6) is 0 Å². The standard InChI is InChI=1S/C19H23N3O/c1-14(15-10-12-16(13-11-15)19(2,3)4)21-22-18(23)20-17-8-6-5-7-9-17/h5-13H,1-4H3,(H2,20,22,23)/b21-14-. The number of benzene rings is 2. The van der Waals surface area contributed by atoms with Crippen LogP contribution in [0.4, 0.5) is 10.5 Å². The molecule has 0 fully saturated rings. The number of anilines is 1. The Bertz CT molecular complexity index is 683. The molecule has 2 aromatic carbocycles. The Kier molecular flexibility index (Phi) is 5.16. The highest BCUT2D eigenvalue weighted by Crippen LogP contribution is 2.22. The zero-order valence-corrected chi connectivity index (χ0v) is 14.1. The quantitative estimate of drug-likeness (QED) is 0.635. The molecule has 4 heteroatoms. The summed E-state index contributed by atoms with van der Waals surface area (Å²) < 4.78 is 0. The Morgan fingerprint density at radius 1 is 0.957 bits per heavy atom. The summed E-state index contributed by atoms with van der Waals surface area (Å²) >= 11 is 0. The molecule has 0 aromatic heterocycles. The molecule has 0 aliphatic carbocycles.